The lowest BCUT2D eigenvalue weighted by Gasteiger charge is -2.26. The molecule has 0 fully saturated rings. The van der Waals surface area contributed by atoms with Gasteiger partial charge in [0.25, 0.3) is 15.9 Å². The molecular weight excluding hydrogens is 419 g/mol. The molecule has 1 N–H and O–H groups in total. The van der Waals surface area contributed by atoms with Crippen molar-refractivity contribution in [3.63, 3.8) is 0 Å². The average Bonchev–Trinajstić information content (AvgIpc) is 3.15. The van der Waals surface area contributed by atoms with E-state index in [4.69, 9.17) is 4.74 Å². The Bertz CT molecular complexity index is 1180. The van der Waals surface area contributed by atoms with Crippen molar-refractivity contribution in [1.82, 2.24) is 9.88 Å². The minimum absolute atomic E-state index is 0.107. The molecule has 11 heteroatoms. The molecule has 0 bridgehead atoms. The number of nitrogens with zero attached hydrogens (tertiary/aromatic N) is 3. The lowest BCUT2D eigenvalue weighted by Crippen LogP contribution is -2.37. The van der Waals surface area contributed by atoms with Gasteiger partial charge < -0.3 is 9.64 Å². The predicted molar refractivity (Wildman–Crippen MR) is 108 cm³/mol. The second kappa shape index (κ2) is 7.41. The van der Waals surface area contributed by atoms with Gasteiger partial charge >= 0.3 is 0 Å². The van der Waals surface area contributed by atoms with Gasteiger partial charge in [0.1, 0.15) is 5.84 Å². The van der Waals surface area contributed by atoms with E-state index in [9.17, 15) is 17.6 Å². The van der Waals surface area contributed by atoms with Crippen molar-refractivity contribution < 1.29 is 22.3 Å². The first-order chi connectivity index (χ1) is 13.8. The summed E-state index contributed by atoms with van der Waals surface area (Å²) in [5.41, 5.74) is 1.43. The number of rotatable bonds is 4. The van der Waals surface area contributed by atoms with Crippen LogP contribution in [0.2, 0.25) is 0 Å². The predicted octanol–water partition coefficient (Wildman–Crippen LogP) is 2.39. The molecule has 0 unspecified atom stereocenters. The molecule has 0 saturated heterocycles. The van der Waals surface area contributed by atoms with Crippen molar-refractivity contribution in [3.8, 4) is 17.0 Å². The SMILES string of the molecule is COc1ccc(-c2csc(NC(=O)C3=CN4CCS(=O)(=O)N=C4C=C3)n2)cc1F. The zero-order chi connectivity index (χ0) is 20.6. The monoisotopic (exact) mass is 434 g/mol. The van der Waals surface area contributed by atoms with Crippen LogP contribution in [0.25, 0.3) is 11.3 Å². The number of methoxy groups -OCH3 is 1. The van der Waals surface area contributed by atoms with E-state index >= 15 is 0 Å². The van der Waals surface area contributed by atoms with E-state index in [2.05, 4.69) is 14.7 Å². The second-order valence-electron chi connectivity index (χ2n) is 6.19. The Morgan fingerprint density at radius 3 is 2.93 bits per heavy atom. The Balaban J connectivity index is 1.48. The summed E-state index contributed by atoms with van der Waals surface area (Å²) < 4.78 is 45.6. The van der Waals surface area contributed by atoms with Crippen molar-refractivity contribution in [2.45, 2.75) is 0 Å². The highest BCUT2D eigenvalue weighted by atomic mass is 32.2. The number of benzene rings is 1. The van der Waals surface area contributed by atoms with Crippen LogP contribution in [0.1, 0.15) is 0 Å². The van der Waals surface area contributed by atoms with E-state index < -0.39 is 21.7 Å². The number of amides is 1. The summed E-state index contributed by atoms with van der Waals surface area (Å²) in [5, 5.41) is 4.76. The zero-order valence-electron chi connectivity index (χ0n) is 15.1. The third kappa shape index (κ3) is 4.05. The molecule has 0 spiro atoms. The van der Waals surface area contributed by atoms with Crippen LogP contribution < -0.4 is 10.1 Å². The maximum absolute atomic E-state index is 13.9. The first-order valence-electron chi connectivity index (χ1n) is 8.44. The van der Waals surface area contributed by atoms with Crippen LogP contribution in [0, 0.1) is 5.82 Å². The minimum Gasteiger partial charge on any atom is -0.494 e. The first kappa shape index (κ1) is 19.3. The van der Waals surface area contributed by atoms with Crippen LogP contribution in [0.5, 0.6) is 5.75 Å². The molecule has 2 aliphatic heterocycles. The molecule has 0 radical (unpaired) electrons. The van der Waals surface area contributed by atoms with Crippen LogP contribution in [0.15, 0.2) is 51.9 Å². The van der Waals surface area contributed by atoms with E-state index in [1.807, 2.05) is 0 Å². The third-order valence-corrected chi connectivity index (χ3v) is 6.18. The van der Waals surface area contributed by atoms with Gasteiger partial charge in [0, 0.05) is 23.7 Å². The van der Waals surface area contributed by atoms with Crippen molar-refractivity contribution in [3.05, 3.63) is 53.3 Å². The number of carbonyl (C=O) groups is 1. The fourth-order valence-electron chi connectivity index (χ4n) is 2.79. The van der Waals surface area contributed by atoms with Gasteiger partial charge in [-0.05, 0) is 30.4 Å². The maximum Gasteiger partial charge on any atom is 0.258 e. The standard InChI is InChI=1S/C18H15FN4O4S2/c1-27-15-4-2-11(8-13(15)19)14-10-28-18(20-14)21-17(24)12-3-5-16-22-29(25,26)7-6-23(16)9-12/h2-5,8-10H,6-7H2,1H3,(H,20,21,24). The number of halogens is 1. The fraction of sp³-hybridized carbons (Fsp3) is 0.167. The summed E-state index contributed by atoms with van der Waals surface area (Å²) in [6, 6.07) is 4.51. The van der Waals surface area contributed by atoms with Crippen LogP contribution in [-0.2, 0) is 14.8 Å². The Labute approximate surface area is 170 Å². The largest absolute Gasteiger partial charge is 0.494 e. The van der Waals surface area contributed by atoms with Crippen LogP contribution in [-0.4, -0.2) is 49.5 Å². The summed E-state index contributed by atoms with van der Waals surface area (Å²) >= 11 is 1.21. The zero-order valence-corrected chi connectivity index (χ0v) is 16.8. The third-order valence-electron chi connectivity index (χ3n) is 4.26. The van der Waals surface area contributed by atoms with Gasteiger partial charge in [-0.1, -0.05) is 0 Å². The number of thiazole rings is 1. The summed E-state index contributed by atoms with van der Waals surface area (Å²) in [6.07, 6.45) is 4.54. The summed E-state index contributed by atoms with van der Waals surface area (Å²) in [7, 11) is -2.06. The Morgan fingerprint density at radius 2 is 2.17 bits per heavy atom. The molecule has 1 amide bonds. The minimum atomic E-state index is -3.45. The molecule has 1 aromatic heterocycles. The van der Waals surface area contributed by atoms with Gasteiger partial charge in [-0.15, -0.1) is 15.7 Å². The summed E-state index contributed by atoms with van der Waals surface area (Å²) in [4.78, 5) is 18.5. The van der Waals surface area contributed by atoms with Gasteiger partial charge in [-0.2, -0.15) is 0 Å². The molecule has 0 saturated carbocycles. The topological polar surface area (TPSA) is 101 Å². The average molecular weight is 434 g/mol. The van der Waals surface area contributed by atoms with E-state index in [1.54, 1.807) is 22.5 Å². The van der Waals surface area contributed by atoms with E-state index in [0.29, 0.717) is 22.0 Å². The molecule has 0 atom stereocenters. The highest BCUT2D eigenvalue weighted by Gasteiger charge is 2.25. The van der Waals surface area contributed by atoms with Crippen molar-refractivity contribution in [2.75, 3.05) is 24.7 Å². The fourth-order valence-corrected chi connectivity index (χ4v) is 4.48. The van der Waals surface area contributed by atoms with Gasteiger partial charge in [0.2, 0.25) is 0 Å². The molecule has 2 aliphatic rings. The normalized spacial score (nSPS) is 17.2. The number of nitrogens with one attached hydrogen (secondary N) is 1. The lowest BCUT2D eigenvalue weighted by molar-refractivity contribution is -0.112. The van der Waals surface area contributed by atoms with Crippen LogP contribution in [0.3, 0.4) is 0 Å². The molecule has 29 heavy (non-hydrogen) atoms. The lowest BCUT2D eigenvalue weighted by atomic mass is 10.1. The molecule has 0 aliphatic carbocycles. The van der Waals surface area contributed by atoms with Crippen LogP contribution >= 0.6 is 11.3 Å². The van der Waals surface area contributed by atoms with Crippen molar-refractivity contribution >= 4 is 38.2 Å². The Morgan fingerprint density at radius 1 is 1.34 bits per heavy atom. The number of carbonyl (C=O) groups excluding carboxylic acids is 1. The molecular formula is C18H15FN4O4S2. The second-order valence-corrected chi connectivity index (χ2v) is 8.80. The number of aromatic nitrogens is 1. The number of hydrogen-bond donors (Lipinski definition) is 1. The maximum atomic E-state index is 13.9. The van der Waals surface area contributed by atoms with Gasteiger partial charge in [0.15, 0.2) is 16.7 Å². The van der Waals surface area contributed by atoms with Crippen LogP contribution in [0.4, 0.5) is 9.52 Å². The van der Waals surface area contributed by atoms with Gasteiger partial charge in [-0.25, -0.2) is 17.8 Å². The molecule has 3 heterocycles. The van der Waals surface area contributed by atoms with Crippen molar-refractivity contribution in [1.29, 1.82) is 0 Å². The summed E-state index contributed by atoms with van der Waals surface area (Å²) in [5.74, 6) is -0.574. The van der Waals surface area contributed by atoms with Gasteiger partial charge in [0.05, 0.1) is 24.1 Å². The Hall–Kier alpha value is -3.05. The van der Waals surface area contributed by atoms with E-state index in [0.717, 1.165) is 0 Å². The number of fused-ring (bicyclic) bond motifs is 1. The molecule has 1 aromatic carbocycles. The van der Waals surface area contributed by atoms with E-state index in [-0.39, 0.29) is 23.9 Å². The number of sulfonamides is 1. The summed E-state index contributed by atoms with van der Waals surface area (Å²) in [6.45, 7) is 0.229. The van der Waals surface area contributed by atoms with E-state index in [1.165, 1.54) is 42.7 Å². The number of amidine groups is 1. The highest BCUT2D eigenvalue weighted by Crippen LogP contribution is 2.28. The number of anilines is 1. The van der Waals surface area contributed by atoms with Gasteiger partial charge in [-0.3, -0.25) is 10.1 Å². The molecule has 2 aromatic rings. The first-order valence-corrected chi connectivity index (χ1v) is 10.9. The molecule has 150 valence electrons. The quantitative estimate of drug-likeness (QED) is 0.793. The smallest absolute Gasteiger partial charge is 0.258 e. The number of hydrogen-bond acceptors (Lipinski definition) is 7. The molecule has 8 nitrogen and oxygen atoms in total. The Kier molecular flexibility index (Phi) is 4.92. The molecule has 4 rings (SSSR count). The highest BCUT2D eigenvalue weighted by molar-refractivity contribution is 7.90. The number of ether oxygens (including phenoxy) is 1. The van der Waals surface area contributed by atoms with Crippen molar-refractivity contribution in [2.24, 2.45) is 4.40 Å².